The van der Waals surface area contributed by atoms with Gasteiger partial charge in [0.1, 0.15) is 0 Å². The van der Waals surface area contributed by atoms with Gasteiger partial charge in [0.05, 0.1) is 43.6 Å². The number of aromatic nitrogens is 3. The molecule has 0 N–H and O–H groups in total. The van der Waals surface area contributed by atoms with Gasteiger partial charge in [-0.25, -0.2) is 17.9 Å². The van der Waals surface area contributed by atoms with Crippen molar-refractivity contribution in [3.8, 4) is 0 Å². The van der Waals surface area contributed by atoms with Crippen LogP contribution in [0.25, 0.3) is 10.8 Å². The number of furan rings is 1. The molecule has 4 aromatic rings. The molecule has 1 aliphatic rings. The minimum absolute atomic E-state index is 0.0232. The number of sulfonamides is 1. The fraction of sp³-hybridized carbons (Fsp3) is 0.346. The fourth-order valence-corrected chi connectivity index (χ4v) is 6.51. The van der Waals surface area contributed by atoms with Crippen molar-refractivity contribution in [2.75, 3.05) is 32.5 Å². The van der Waals surface area contributed by atoms with Gasteiger partial charge in [-0.3, -0.25) is 0 Å². The summed E-state index contributed by atoms with van der Waals surface area (Å²) < 4.78 is 39.5. The molecule has 2 aromatic heterocycles. The minimum atomic E-state index is -3.43. The van der Waals surface area contributed by atoms with Gasteiger partial charge in [0.25, 0.3) is 0 Å². The maximum Gasteiger partial charge on any atom is 0.374 e. The molecule has 1 atom stereocenters. The van der Waals surface area contributed by atoms with Gasteiger partial charge < -0.3 is 14.1 Å². The molecule has 1 aliphatic heterocycles. The number of hydrogen-bond acceptors (Lipinski definition) is 8. The van der Waals surface area contributed by atoms with Crippen molar-refractivity contribution in [1.82, 2.24) is 24.2 Å². The average Bonchev–Trinajstić information content (AvgIpc) is 3.60. The Bertz CT molecular complexity index is 1540. The summed E-state index contributed by atoms with van der Waals surface area (Å²) in [4.78, 5) is 14.4. The number of rotatable bonds is 10. The predicted octanol–water partition coefficient (Wildman–Crippen LogP) is 3.42. The van der Waals surface area contributed by atoms with Crippen LogP contribution in [0.1, 0.15) is 28.2 Å². The second kappa shape index (κ2) is 11.2. The second-order valence-electron chi connectivity index (χ2n) is 9.35. The third kappa shape index (κ3) is 5.91. The lowest BCUT2D eigenvalue weighted by Gasteiger charge is -2.23. The summed E-state index contributed by atoms with van der Waals surface area (Å²) in [5.41, 5.74) is 1.48. The number of benzene rings is 2. The highest BCUT2D eigenvalue weighted by molar-refractivity contribution is 7.89. The summed E-state index contributed by atoms with van der Waals surface area (Å²) in [6.07, 6.45) is 3.84. The molecule has 1 saturated heterocycles. The summed E-state index contributed by atoms with van der Waals surface area (Å²) in [5.74, 6) is -0.295. The van der Waals surface area contributed by atoms with E-state index in [0.29, 0.717) is 36.8 Å². The average molecular weight is 558 g/mol. The Kier molecular flexibility index (Phi) is 7.80. The lowest BCUT2D eigenvalue weighted by atomic mass is 10.2. The molecule has 5 rings (SSSR count). The molecule has 12 heteroatoms. The van der Waals surface area contributed by atoms with Crippen LogP contribution in [-0.4, -0.2) is 77.1 Å². The summed E-state index contributed by atoms with van der Waals surface area (Å²) >= 11 is 6.22. The molecular weight excluding hydrogens is 530 g/mol. The van der Waals surface area contributed by atoms with Gasteiger partial charge >= 0.3 is 5.97 Å². The largest absolute Gasteiger partial charge is 0.460 e. The molecule has 2 aromatic carbocycles. The van der Waals surface area contributed by atoms with Crippen molar-refractivity contribution in [2.45, 2.75) is 25.6 Å². The number of halogens is 1. The van der Waals surface area contributed by atoms with Crippen molar-refractivity contribution < 1.29 is 22.4 Å². The minimum Gasteiger partial charge on any atom is -0.460 e. The monoisotopic (exact) mass is 557 g/mol. The molecular formula is C26H28ClN5O5S. The van der Waals surface area contributed by atoms with E-state index in [1.807, 2.05) is 60.5 Å². The van der Waals surface area contributed by atoms with Crippen LogP contribution >= 0.6 is 11.6 Å². The number of nitrogens with zero attached hydrogens (tertiary/aromatic N) is 5. The second-order valence-corrected chi connectivity index (χ2v) is 11.8. The van der Waals surface area contributed by atoms with E-state index < -0.39 is 16.0 Å². The lowest BCUT2D eigenvalue weighted by Crippen LogP contribution is -2.37. The summed E-state index contributed by atoms with van der Waals surface area (Å²) in [7, 11) is -1.55. The molecule has 0 spiro atoms. The van der Waals surface area contributed by atoms with Crippen LogP contribution in [0.4, 0.5) is 0 Å². The standard InChI is InChI=1S/C26H28ClN5O5S/c1-30(11-6-12-36-26(33)25-23-9-4-2-8-20(23)17-37-25)22-16-32(38(34,35)18-22)15-21-14-31(29-28-21)13-19-7-3-5-10-24(19)27/h2-5,7-10,14,17,22H,6,11-13,15-16,18H2,1H3. The predicted molar refractivity (Wildman–Crippen MR) is 142 cm³/mol. The topological polar surface area (TPSA) is 111 Å². The molecule has 0 radical (unpaired) electrons. The van der Waals surface area contributed by atoms with Crippen LogP contribution in [0.15, 0.2) is 65.4 Å². The maximum atomic E-state index is 12.8. The van der Waals surface area contributed by atoms with E-state index in [0.717, 1.165) is 16.3 Å². The number of ether oxygens (including phenoxy) is 1. The summed E-state index contributed by atoms with van der Waals surface area (Å²) in [6.45, 7) is 1.74. The molecule has 1 fully saturated rings. The van der Waals surface area contributed by atoms with Gasteiger partial charge in [-0.05, 0) is 25.1 Å². The first-order chi connectivity index (χ1) is 18.3. The summed E-state index contributed by atoms with van der Waals surface area (Å²) in [6, 6.07) is 14.7. The number of likely N-dealkylation sites (N-methyl/N-ethyl adjacent to an activating group) is 1. The fourth-order valence-electron chi connectivity index (χ4n) is 4.53. The van der Waals surface area contributed by atoms with Crippen LogP contribution in [0.5, 0.6) is 0 Å². The first-order valence-corrected chi connectivity index (χ1v) is 14.2. The van der Waals surface area contributed by atoms with Crippen LogP contribution in [-0.2, 0) is 27.8 Å². The van der Waals surface area contributed by atoms with E-state index >= 15 is 0 Å². The molecule has 0 amide bonds. The third-order valence-electron chi connectivity index (χ3n) is 6.63. The molecule has 38 heavy (non-hydrogen) atoms. The van der Waals surface area contributed by atoms with Gasteiger partial charge in [0.2, 0.25) is 15.8 Å². The zero-order valence-electron chi connectivity index (χ0n) is 20.9. The molecule has 3 heterocycles. The number of carbonyl (C=O) groups is 1. The Morgan fingerprint density at radius 1 is 1.18 bits per heavy atom. The number of hydrogen-bond donors (Lipinski definition) is 0. The van der Waals surface area contributed by atoms with E-state index in [1.165, 1.54) is 10.6 Å². The zero-order chi connectivity index (χ0) is 26.7. The molecule has 10 nitrogen and oxygen atoms in total. The van der Waals surface area contributed by atoms with Crippen molar-refractivity contribution >= 4 is 38.4 Å². The van der Waals surface area contributed by atoms with Crippen molar-refractivity contribution in [3.05, 3.63) is 83.0 Å². The van der Waals surface area contributed by atoms with Crippen LogP contribution in [0.3, 0.4) is 0 Å². The number of carbonyl (C=O) groups excluding carboxylic acids is 1. The smallest absolute Gasteiger partial charge is 0.374 e. The van der Waals surface area contributed by atoms with Gasteiger partial charge in [-0.1, -0.05) is 59.3 Å². The van der Waals surface area contributed by atoms with E-state index in [1.54, 1.807) is 10.9 Å². The van der Waals surface area contributed by atoms with E-state index in [4.69, 9.17) is 20.8 Å². The highest BCUT2D eigenvalue weighted by atomic mass is 35.5. The van der Waals surface area contributed by atoms with E-state index in [2.05, 4.69) is 10.3 Å². The number of esters is 1. The Balaban J connectivity index is 1.10. The lowest BCUT2D eigenvalue weighted by molar-refractivity contribution is 0.0454. The number of fused-ring (bicyclic) bond motifs is 1. The van der Waals surface area contributed by atoms with Crippen LogP contribution in [0.2, 0.25) is 5.02 Å². The quantitative estimate of drug-likeness (QED) is 0.215. The SMILES string of the molecule is CN(CCCOC(=O)c1occ2ccccc12)C1CN(Cc2cn(Cc3ccccc3Cl)nn2)S(=O)(=O)C1. The van der Waals surface area contributed by atoms with Gasteiger partial charge in [-0.15, -0.1) is 5.10 Å². The molecule has 200 valence electrons. The van der Waals surface area contributed by atoms with Gasteiger partial charge in [-0.2, -0.15) is 4.31 Å². The van der Waals surface area contributed by atoms with E-state index in [-0.39, 0.29) is 30.7 Å². The maximum absolute atomic E-state index is 12.8. The van der Waals surface area contributed by atoms with Crippen LogP contribution in [0, 0.1) is 0 Å². The van der Waals surface area contributed by atoms with Crippen molar-refractivity contribution in [1.29, 1.82) is 0 Å². The Morgan fingerprint density at radius 2 is 1.97 bits per heavy atom. The molecule has 1 unspecified atom stereocenters. The molecule has 0 bridgehead atoms. The van der Waals surface area contributed by atoms with Crippen molar-refractivity contribution in [3.63, 3.8) is 0 Å². The first-order valence-electron chi connectivity index (χ1n) is 12.2. The summed E-state index contributed by atoms with van der Waals surface area (Å²) in [5, 5.41) is 10.5. The Hall–Kier alpha value is -3.25. The molecule has 0 aliphatic carbocycles. The van der Waals surface area contributed by atoms with Crippen molar-refractivity contribution in [2.24, 2.45) is 0 Å². The van der Waals surface area contributed by atoms with Gasteiger partial charge in [0.15, 0.2) is 0 Å². The first kappa shape index (κ1) is 26.4. The highest BCUT2D eigenvalue weighted by Gasteiger charge is 2.38. The normalized spacial score (nSPS) is 17.4. The Labute approximate surface area is 225 Å². The highest BCUT2D eigenvalue weighted by Crippen LogP contribution is 2.23. The third-order valence-corrected chi connectivity index (χ3v) is 8.87. The molecule has 0 saturated carbocycles. The van der Waals surface area contributed by atoms with Gasteiger partial charge in [0, 0.05) is 34.9 Å². The van der Waals surface area contributed by atoms with E-state index in [9.17, 15) is 13.2 Å². The Morgan fingerprint density at radius 3 is 2.82 bits per heavy atom. The van der Waals surface area contributed by atoms with Crippen LogP contribution < -0.4 is 0 Å². The zero-order valence-corrected chi connectivity index (χ0v) is 22.4.